The molecule has 2 N–H and O–H groups in total. The number of nitrogens with one attached hydrogen (secondary N) is 1. The lowest BCUT2D eigenvalue weighted by atomic mass is 10.2. The Bertz CT molecular complexity index is 459. The number of ether oxygens (including phenoxy) is 2. The van der Waals surface area contributed by atoms with Gasteiger partial charge in [-0.2, -0.15) is 0 Å². The van der Waals surface area contributed by atoms with Gasteiger partial charge in [-0.1, -0.05) is 0 Å². The standard InChI is InChI=1S/C12H13NO5/c1-17-9-5-8(6-10(7-9)18-2)13-11(14)3-4-12(15)16/h3-7H,1-2H3,(H,13,14)(H,15,16)/b4-3-. The maximum Gasteiger partial charge on any atom is 0.328 e. The van der Waals surface area contributed by atoms with Crippen molar-refractivity contribution >= 4 is 17.6 Å². The van der Waals surface area contributed by atoms with Crippen molar-refractivity contribution in [1.82, 2.24) is 0 Å². The summed E-state index contributed by atoms with van der Waals surface area (Å²) in [7, 11) is 2.98. The van der Waals surface area contributed by atoms with E-state index in [2.05, 4.69) is 5.32 Å². The molecule has 0 saturated heterocycles. The third-order valence-corrected chi connectivity index (χ3v) is 2.00. The number of carbonyl (C=O) groups is 2. The van der Waals surface area contributed by atoms with Gasteiger partial charge in [0.05, 0.1) is 14.2 Å². The van der Waals surface area contributed by atoms with Gasteiger partial charge in [-0.05, 0) is 0 Å². The van der Waals surface area contributed by atoms with E-state index in [9.17, 15) is 9.59 Å². The summed E-state index contributed by atoms with van der Waals surface area (Å²) < 4.78 is 10.1. The fraction of sp³-hybridized carbons (Fsp3) is 0.167. The summed E-state index contributed by atoms with van der Waals surface area (Å²) in [6.45, 7) is 0. The predicted molar refractivity (Wildman–Crippen MR) is 65.0 cm³/mol. The van der Waals surface area contributed by atoms with Gasteiger partial charge in [0, 0.05) is 36.0 Å². The molecule has 0 unspecified atom stereocenters. The maximum absolute atomic E-state index is 11.4. The molecule has 0 aliphatic carbocycles. The van der Waals surface area contributed by atoms with Crippen LogP contribution in [0.1, 0.15) is 0 Å². The molecule has 0 atom stereocenters. The summed E-state index contributed by atoms with van der Waals surface area (Å²) in [5.74, 6) is -0.695. The smallest absolute Gasteiger partial charge is 0.328 e. The minimum Gasteiger partial charge on any atom is -0.497 e. The Hall–Kier alpha value is -2.50. The van der Waals surface area contributed by atoms with Gasteiger partial charge in [0.25, 0.3) is 0 Å². The molecule has 1 aromatic carbocycles. The van der Waals surface area contributed by atoms with Crippen molar-refractivity contribution in [3.63, 3.8) is 0 Å². The van der Waals surface area contributed by atoms with Crippen LogP contribution in [0.15, 0.2) is 30.4 Å². The monoisotopic (exact) mass is 251 g/mol. The highest BCUT2D eigenvalue weighted by atomic mass is 16.5. The molecule has 0 aliphatic rings. The number of aliphatic carboxylic acids is 1. The lowest BCUT2D eigenvalue weighted by Crippen LogP contribution is -2.09. The number of anilines is 1. The molecule has 0 spiro atoms. The van der Waals surface area contributed by atoms with Crippen LogP contribution in [-0.4, -0.2) is 31.2 Å². The molecule has 1 rings (SSSR count). The zero-order valence-electron chi connectivity index (χ0n) is 9.97. The van der Waals surface area contributed by atoms with Crippen LogP contribution in [-0.2, 0) is 9.59 Å². The number of carboxylic acid groups (broad SMARTS) is 1. The molecule has 0 aliphatic heterocycles. The Kier molecular flexibility index (Phi) is 4.74. The van der Waals surface area contributed by atoms with Gasteiger partial charge in [0.15, 0.2) is 0 Å². The molecule has 0 bridgehead atoms. The van der Waals surface area contributed by atoms with Crippen LogP contribution in [0.3, 0.4) is 0 Å². The molecule has 6 nitrogen and oxygen atoms in total. The second-order valence-corrected chi connectivity index (χ2v) is 3.26. The highest BCUT2D eigenvalue weighted by Crippen LogP contribution is 2.25. The molecule has 96 valence electrons. The van der Waals surface area contributed by atoms with Crippen LogP contribution in [0.2, 0.25) is 0 Å². The maximum atomic E-state index is 11.4. The van der Waals surface area contributed by atoms with E-state index in [0.717, 1.165) is 12.2 Å². The fourth-order valence-electron chi connectivity index (χ4n) is 1.21. The number of carboxylic acids is 1. The fourth-order valence-corrected chi connectivity index (χ4v) is 1.21. The molecule has 0 saturated carbocycles. The van der Waals surface area contributed by atoms with Crippen molar-refractivity contribution in [2.45, 2.75) is 0 Å². The Morgan fingerprint density at radius 1 is 1.11 bits per heavy atom. The van der Waals surface area contributed by atoms with E-state index in [-0.39, 0.29) is 0 Å². The van der Waals surface area contributed by atoms with E-state index in [1.54, 1.807) is 18.2 Å². The predicted octanol–water partition coefficient (Wildman–Crippen LogP) is 1.28. The van der Waals surface area contributed by atoms with Crippen molar-refractivity contribution < 1.29 is 24.2 Å². The minimum atomic E-state index is -1.19. The quantitative estimate of drug-likeness (QED) is 0.770. The van der Waals surface area contributed by atoms with E-state index in [4.69, 9.17) is 14.6 Å². The van der Waals surface area contributed by atoms with Crippen molar-refractivity contribution in [3.05, 3.63) is 30.4 Å². The summed E-state index contributed by atoms with van der Waals surface area (Å²) in [5, 5.41) is 10.9. The number of benzene rings is 1. The van der Waals surface area contributed by atoms with E-state index in [1.165, 1.54) is 14.2 Å². The van der Waals surface area contributed by atoms with Gasteiger partial charge >= 0.3 is 5.97 Å². The Balaban J connectivity index is 2.83. The number of carbonyl (C=O) groups excluding carboxylic acids is 1. The van der Waals surface area contributed by atoms with Gasteiger partial charge in [-0.15, -0.1) is 0 Å². The Morgan fingerprint density at radius 3 is 2.11 bits per heavy atom. The molecule has 0 radical (unpaired) electrons. The van der Waals surface area contributed by atoms with Crippen LogP contribution >= 0.6 is 0 Å². The summed E-state index contributed by atoms with van der Waals surface area (Å²) in [4.78, 5) is 21.6. The number of rotatable bonds is 5. The first-order valence-electron chi connectivity index (χ1n) is 5.00. The number of hydrogen-bond acceptors (Lipinski definition) is 4. The molecular weight excluding hydrogens is 238 g/mol. The van der Waals surface area contributed by atoms with Crippen LogP contribution in [0.25, 0.3) is 0 Å². The molecule has 18 heavy (non-hydrogen) atoms. The SMILES string of the molecule is COc1cc(NC(=O)/C=C\C(=O)O)cc(OC)c1. The van der Waals surface area contributed by atoms with Crippen LogP contribution in [0.5, 0.6) is 11.5 Å². The van der Waals surface area contributed by atoms with Gasteiger partial charge < -0.3 is 19.9 Å². The van der Waals surface area contributed by atoms with Crippen LogP contribution in [0, 0.1) is 0 Å². The first kappa shape index (κ1) is 13.6. The third-order valence-electron chi connectivity index (χ3n) is 2.00. The Morgan fingerprint density at radius 2 is 1.67 bits per heavy atom. The van der Waals surface area contributed by atoms with Crippen LogP contribution in [0.4, 0.5) is 5.69 Å². The molecule has 0 aromatic heterocycles. The molecule has 6 heteroatoms. The van der Waals surface area contributed by atoms with E-state index >= 15 is 0 Å². The molecule has 0 fully saturated rings. The lowest BCUT2D eigenvalue weighted by Gasteiger charge is -2.08. The zero-order valence-corrected chi connectivity index (χ0v) is 9.97. The highest BCUT2D eigenvalue weighted by Gasteiger charge is 2.04. The lowest BCUT2D eigenvalue weighted by molar-refractivity contribution is -0.131. The van der Waals surface area contributed by atoms with Gasteiger partial charge in [-0.3, -0.25) is 4.79 Å². The molecular formula is C12H13NO5. The number of hydrogen-bond donors (Lipinski definition) is 2. The van der Waals surface area contributed by atoms with Crippen molar-refractivity contribution in [1.29, 1.82) is 0 Å². The van der Waals surface area contributed by atoms with Crippen molar-refractivity contribution in [3.8, 4) is 11.5 Å². The molecule has 0 heterocycles. The van der Waals surface area contributed by atoms with E-state index < -0.39 is 11.9 Å². The van der Waals surface area contributed by atoms with Crippen molar-refractivity contribution in [2.24, 2.45) is 0 Å². The average molecular weight is 251 g/mol. The van der Waals surface area contributed by atoms with Crippen molar-refractivity contribution in [2.75, 3.05) is 19.5 Å². The largest absolute Gasteiger partial charge is 0.497 e. The third kappa shape index (κ3) is 4.17. The number of amides is 1. The molecule has 1 amide bonds. The summed E-state index contributed by atoms with van der Waals surface area (Å²) >= 11 is 0. The summed E-state index contributed by atoms with van der Waals surface area (Å²) in [6, 6.07) is 4.84. The van der Waals surface area contributed by atoms with E-state index in [1.807, 2.05) is 0 Å². The topological polar surface area (TPSA) is 84.9 Å². The minimum absolute atomic E-state index is 0.450. The second-order valence-electron chi connectivity index (χ2n) is 3.26. The normalized spacial score (nSPS) is 10.1. The average Bonchev–Trinajstić information content (AvgIpc) is 2.35. The summed E-state index contributed by atoms with van der Waals surface area (Å²) in [6.07, 6.45) is 1.68. The number of methoxy groups -OCH3 is 2. The molecule has 1 aromatic rings. The second kappa shape index (κ2) is 6.29. The highest BCUT2D eigenvalue weighted by molar-refractivity contribution is 6.02. The first-order valence-corrected chi connectivity index (χ1v) is 5.00. The summed E-state index contributed by atoms with van der Waals surface area (Å²) in [5.41, 5.74) is 0.450. The van der Waals surface area contributed by atoms with Gasteiger partial charge in [0.2, 0.25) is 5.91 Å². The Labute approximate surface area is 104 Å². The van der Waals surface area contributed by atoms with Gasteiger partial charge in [0.1, 0.15) is 11.5 Å². The first-order chi connectivity index (χ1) is 8.55. The van der Waals surface area contributed by atoms with E-state index in [0.29, 0.717) is 17.2 Å². The zero-order chi connectivity index (χ0) is 13.5. The van der Waals surface area contributed by atoms with Crippen LogP contribution < -0.4 is 14.8 Å². The van der Waals surface area contributed by atoms with Gasteiger partial charge in [-0.25, -0.2) is 4.79 Å².